The number of benzene rings is 7. The molecule has 16 aromatic rings. The van der Waals surface area contributed by atoms with Crippen LogP contribution in [-0.2, 0) is 13.0 Å². The number of fused-ring (bicyclic) bond motifs is 5. The maximum absolute atomic E-state index is 12.9. The lowest BCUT2D eigenvalue weighted by molar-refractivity contribution is 0.0689. The Morgan fingerprint density at radius 1 is 0.473 bits per heavy atom. The maximum atomic E-state index is 12.9. The monoisotopic (exact) mass is 1790 g/mol. The number of likely N-dealkylation sites (tertiary alicyclic amines) is 4. The third-order valence-electron chi connectivity index (χ3n) is 25.8. The molecule has 0 atom stereocenters. The van der Waals surface area contributed by atoms with Gasteiger partial charge in [-0.2, -0.15) is 0 Å². The van der Waals surface area contributed by atoms with Gasteiger partial charge < -0.3 is 33.6 Å². The van der Waals surface area contributed by atoms with Crippen molar-refractivity contribution in [3.05, 3.63) is 300 Å². The van der Waals surface area contributed by atoms with E-state index in [1.54, 1.807) is 51.5 Å². The van der Waals surface area contributed by atoms with Gasteiger partial charge in [-0.1, -0.05) is 94.7 Å². The molecule has 0 bridgehead atoms. The van der Waals surface area contributed by atoms with Gasteiger partial charge in [0.25, 0.3) is 23.6 Å². The first-order valence-electron chi connectivity index (χ1n) is 45.4. The average Bonchev–Trinajstić information content (AvgIpc) is 1.67. The van der Waals surface area contributed by atoms with Crippen molar-refractivity contribution in [1.82, 2.24) is 86.9 Å². The molecule has 4 aliphatic heterocycles. The number of hydrogen-bond donors (Lipinski definition) is 0. The van der Waals surface area contributed by atoms with E-state index in [0.717, 1.165) is 240 Å². The molecule has 21 rings (SSSR count). The Labute approximate surface area is 773 Å². The molecule has 4 amide bonds. The first-order chi connectivity index (χ1) is 63.6. The van der Waals surface area contributed by atoms with E-state index in [9.17, 15) is 19.2 Å². The molecule has 4 saturated heterocycles. The van der Waals surface area contributed by atoms with Crippen LogP contribution in [0.15, 0.2) is 245 Å². The van der Waals surface area contributed by atoms with Crippen LogP contribution in [0.3, 0.4) is 0 Å². The highest BCUT2D eigenvalue weighted by atomic mass is 35.5. The van der Waals surface area contributed by atoms with E-state index in [2.05, 4.69) is 106 Å². The Morgan fingerprint density at radius 3 is 1.55 bits per heavy atom. The third-order valence-corrected chi connectivity index (χ3v) is 26.3. The molecule has 0 spiro atoms. The Morgan fingerprint density at radius 2 is 0.992 bits per heavy atom. The molecule has 26 heteroatoms. The molecule has 1 aliphatic carbocycles. The highest BCUT2D eigenvalue weighted by molar-refractivity contribution is 6.31. The molecule has 5 aliphatic rings. The van der Waals surface area contributed by atoms with Gasteiger partial charge >= 0.3 is 0 Å². The molecule has 670 valence electrons. The van der Waals surface area contributed by atoms with Crippen LogP contribution < -0.4 is 9.47 Å². The summed E-state index contributed by atoms with van der Waals surface area (Å²) in [5.74, 6) is 6.53. The number of rotatable bonds is 16. The summed E-state index contributed by atoms with van der Waals surface area (Å²) in [6.07, 6.45) is 33.0. The van der Waals surface area contributed by atoms with Gasteiger partial charge in [-0.05, 0) is 263 Å². The van der Waals surface area contributed by atoms with E-state index in [-0.39, 0.29) is 23.6 Å². The molecule has 5 fully saturated rings. The number of carbonyl (C=O) groups is 4. The van der Waals surface area contributed by atoms with E-state index in [4.69, 9.17) is 37.7 Å². The number of piperidine rings is 3. The number of pyridine rings is 2. The zero-order chi connectivity index (χ0) is 91.0. The largest absolute Gasteiger partial charge is 0.497 e. The number of methoxy groups -OCH3 is 2. The highest BCUT2D eigenvalue weighted by Crippen LogP contribution is 2.50. The summed E-state index contributed by atoms with van der Waals surface area (Å²) in [5, 5.41) is 3.44. The van der Waals surface area contributed by atoms with Crippen molar-refractivity contribution in [3.8, 4) is 40.2 Å². The maximum Gasteiger partial charge on any atom is 0.255 e. The van der Waals surface area contributed by atoms with Crippen molar-refractivity contribution < 1.29 is 28.7 Å². The lowest BCUT2D eigenvalue weighted by Gasteiger charge is -2.43. The van der Waals surface area contributed by atoms with Crippen molar-refractivity contribution in [2.24, 2.45) is 23.2 Å². The normalized spacial score (nSPS) is 15.3. The van der Waals surface area contributed by atoms with Crippen LogP contribution in [-0.4, -0.2) is 177 Å². The second kappa shape index (κ2) is 39.8. The van der Waals surface area contributed by atoms with Gasteiger partial charge in [-0.15, -0.1) is 0 Å². The van der Waals surface area contributed by atoms with Crippen molar-refractivity contribution >= 4 is 108 Å². The molecule has 24 nitrogen and oxygen atoms in total. The Hall–Kier alpha value is -13.6. The van der Waals surface area contributed by atoms with E-state index < -0.39 is 0 Å². The molecule has 0 unspecified atom stereocenters. The first kappa shape index (κ1) is 89.4. The van der Waals surface area contributed by atoms with Crippen LogP contribution in [0.25, 0.3) is 89.4 Å². The predicted octanol–water partition coefficient (Wildman–Crippen LogP) is 21.4. The van der Waals surface area contributed by atoms with E-state index in [0.29, 0.717) is 39.0 Å². The van der Waals surface area contributed by atoms with Gasteiger partial charge in [0.05, 0.1) is 65.5 Å². The van der Waals surface area contributed by atoms with Gasteiger partial charge in [0.15, 0.2) is 17.3 Å². The number of carbonyl (C=O) groups excluding carboxylic acids is 4. The van der Waals surface area contributed by atoms with Crippen molar-refractivity contribution in [1.29, 1.82) is 0 Å². The predicted molar refractivity (Wildman–Crippen MR) is 519 cm³/mol. The van der Waals surface area contributed by atoms with Crippen LogP contribution in [0.2, 0.25) is 10.0 Å². The number of aromatic nitrogens is 14. The molecule has 0 radical (unpaired) electrons. The quantitative estimate of drug-likeness (QED) is 0.0876. The molecule has 9 aromatic heterocycles. The molecule has 0 N–H and O–H groups in total. The molecule has 131 heavy (non-hydrogen) atoms. The summed E-state index contributed by atoms with van der Waals surface area (Å²) >= 11 is 12.2. The van der Waals surface area contributed by atoms with Gasteiger partial charge in [-0.25, -0.2) is 34.9 Å². The molecular weight excluding hydrogens is 1680 g/mol. The van der Waals surface area contributed by atoms with Crippen LogP contribution in [0.1, 0.15) is 169 Å². The van der Waals surface area contributed by atoms with Crippen molar-refractivity contribution in [3.63, 3.8) is 0 Å². The number of allylic oxidation sites excluding steroid dienone is 1. The lowest BCUT2D eigenvalue weighted by atomic mass is 9.61. The van der Waals surface area contributed by atoms with Gasteiger partial charge in [0, 0.05) is 158 Å². The summed E-state index contributed by atoms with van der Waals surface area (Å²) in [5.41, 5.74) is 18.1. The number of hydrogen-bond acceptors (Lipinski definition) is 14. The van der Waals surface area contributed by atoms with E-state index in [1.165, 1.54) is 36.0 Å². The average molecular weight is 1790 g/mol. The smallest absolute Gasteiger partial charge is 0.255 e. The van der Waals surface area contributed by atoms with Gasteiger partial charge in [0.1, 0.15) is 41.1 Å². The summed E-state index contributed by atoms with van der Waals surface area (Å²) in [6.45, 7) is 25.1. The van der Waals surface area contributed by atoms with Gasteiger partial charge in [-0.3, -0.25) is 47.0 Å². The summed E-state index contributed by atoms with van der Waals surface area (Å²) < 4.78 is 22.6. The Bertz CT molecular complexity index is 6790. The molecule has 7 aromatic carbocycles. The molecule has 1 saturated carbocycles. The zero-order valence-corrected chi connectivity index (χ0v) is 77.1. The second-order valence-corrected chi connectivity index (χ2v) is 36.6. The number of amides is 4. The second-order valence-electron chi connectivity index (χ2n) is 35.7. The molecule has 13 heterocycles. The fourth-order valence-electron chi connectivity index (χ4n) is 18.3. The number of aryl methyl sites for hydroxylation is 2. The minimum absolute atomic E-state index is 0.0540. The molecular formula is C105H110Cl2N18O6. The van der Waals surface area contributed by atoms with Crippen LogP contribution in [0.4, 0.5) is 0 Å². The lowest BCUT2D eigenvalue weighted by Crippen LogP contribution is -2.37. The van der Waals surface area contributed by atoms with Crippen molar-refractivity contribution in [2.75, 3.05) is 66.6 Å². The van der Waals surface area contributed by atoms with E-state index in [1.807, 2.05) is 225 Å². The summed E-state index contributed by atoms with van der Waals surface area (Å²) in [7, 11) is 3.32. The SMILES string of the molecule is C=C(c1ccc2c(c1)ncn2-c1cccc(Cl)c1)C1CC(C)(C)C1.CCc1nc2cc(C(=O)N3CCC(C)CC3)cnc2n1-c1ccc(OC)cc1.COc1ccc(Cn2cnc(-n3ccc4cc(C(=O)N5CCCCC5)cnc43)c2)cc1.Cc1cn(-c2cnccn2)c2ccc(C(=O)N3CCC(C)CC3)cc12.O=C(c1ccc2c(c1)ncn2-c1cccc(Cl)c1)N1CCCC1. The number of nitrogens with zero attached hydrogens (tertiary/aromatic N) is 18. The summed E-state index contributed by atoms with van der Waals surface area (Å²) in [6, 6.07) is 55.2. The zero-order valence-electron chi connectivity index (χ0n) is 75.6. The summed E-state index contributed by atoms with van der Waals surface area (Å²) in [4.78, 5) is 94.8. The van der Waals surface area contributed by atoms with Crippen LogP contribution in [0, 0.1) is 30.1 Å². The minimum Gasteiger partial charge on any atom is -0.497 e. The van der Waals surface area contributed by atoms with E-state index >= 15 is 0 Å². The van der Waals surface area contributed by atoms with Gasteiger partial charge in [0.2, 0.25) is 0 Å². The third kappa shape index (κ3) is 20.2. The number of imidazole rings is 4. The van der Waals surface area contributed by atoms with Crippen LogP contribution in [0.5, 0.6) is 11.5 Å². The topological polar surface area (TPSA) is 232 Å². The Balaban J connectivity index is 0.000000115. The first-order valence-corrected chi connectivity index (χ1v) is 46.2. The fourth-order valence-corrected chi connectivity index (χ4v) is 18.6. The van der Waals surface area contributed by atoms with Crippen molar-refractivity contribution in [2.45, 2.75) is 125 Å². The Kier molecular flexibility index (Phi) is 27.2. The fraction of sp³-hybridized carbons (Fsp3) is 0.314. The highest BCUT2D eigenvalue weighted by Gasteiger charge is 2.38. The standard InChI is InChI=1S/C24H25N5O2.C22H26N4O2.C21H21ClN2.C20H22N4O.C18H16ClN3O/c1-31-21-7-5-18(6-8-21)15-27-16-22(26-17-27)29-12-9-19-13-20(14-25-23(19)29)24(30)28-10-3-2-4-11-28;1-4-20-24-19-13-16(22(27)25-11-9-15(2)10-12-25)14-23-21(19)26(20)17-5-7-18(28-3)8-6-17;1-14(16-11-21(2,3)12-16)15-7-8-20-19(9-15)23-13-24(20)18-6-4-5-17(22)10-18;1-14-5-9-23(10-6-14)20(25)16-3-4-18-17(11-16)15(2)13-24(18)19-12-21-7-8-22-19;19-14-4-3-5-15(11-14)22-12-20-16-10-13(6-7-17(16)22)18(23)21-8-1-2-9-21/h5-9,12-14,16-17H,2-4,10-11,15H2,1H3;5-8,13-15H,4,9-12H2,1-3H3;4-10,13,16H,1,11-12H2,2-3H3;3-4,7-8,11-14H,5-6,9-10H2,1-2H3;3-7,10-12H,1-2,8-9H2. The number of halogens is 2. The number of ether oxygens (including phenoxy) is 2. The van der Waals surface area contributed by atoms with Crippen LogP contribution >= 0.6 is 23.2 Å². The minimum atomic E-state index is 0.0540.